The lowest BCUT2D eigenvalue weighted by atomic mass is 9.97. The number of urea groups is 1. The number of likely N-dealkylation sites (tertiary alicyclic amines) is 1. The van der Waals surface area contributed by atoms with E-state index in [-0.39, 0.29) is 23.9 Å². The van der Waals surface area contributed by atoms with Crippen LogP contribution in [0.25, 0.3) is 0 Å². The maximum atomic E-state index is 12.5. The molecule has 0 unspecified atom stereocenters. The zero-order valence-electron chi connectivity index (χ0n) is 14.0. The zero-order valence-corrected chi connectivity index (χ0v) is 14.0. The van der Waals surface area contributed by atoms with Gasteiger partial charge in [0.05, 0.1) is 0 Å². The highest BCUT2D eigenvalue weighted by atomic mass is 19.4. The monoisotopic (exact) mass is 360 g/mol. The van der Waals surface area contributed by atoms with Crippen molar-refractivity contribution in [1.82, 2.24) is 20.4 Å². The SMILES string of the molecule is O=C(NC1CCCCCC1)N1CCC(c2nnc(C(F)(F)F)o2)CC1. The number of piperidine rings is 1. The van der Waals surface area contributed by atoms with E-state index in [1.54, 1.807) is 4.90 Å². The van der Waals surface area contributed by atoms with E-state index >= 15 is 0 Å². The summed E-state index contributed by atoms with van der Waals surface area (Å²) < 4.78 is 42.3. The summed E-state index contributed by atoms with van der Waals surface area (Å²) in [6, 6.07) is 0.157. The van der Waals surface area contributed by atoms with Crippen molar-refractivity contribution in [2.75, 3.05) is 13.1 Å². The molecule has 2 aliphatic rings. The van der Waals surface area contributed by atoms with Crippen molar-refractivity contribution in [2.45, 2.75) is 69.5 Å². The maximum absolute atomic E-state index is 12.5. The molecule has 0 radical (unpaired) electrons. The van der Waals surface area contributed by atoms with Crippen molar-refractivity contribution in [2.24, 2.45) is 0 Å². The van der Waals surface area contributed by atoms with E-state index in [1.165, 1.54) is 12.8 Å². The number of nitrogens with one attached hydrogen (secondary N) is 1. The van der Waals surface area contributed by atoms with Gasteiger partial charge in [-0.15, -0.1) is 10.2 Å². The minimum Gasteiger partial charge on any atom is -0.417 e. The van der Waals surface area contributed by atoms with Crippen LogP contribution >= 0.6 is 0 Å². The molecule has 1 aromatic heterocycles. The highest BCUT2D eigenvalue weighted by Gasteiger charge is 2.39. The summed E-state index contributed by atoms with van der Waals surface area (Å²) in [5.74, 6) is -1.53. The molecule has 0 aromatic carbocycles. The fourth-order valence-corrected chi connectivity index (χ4v) is 3.53. The molecule has 1 aliphatic carbocycles. The Kier molecular flexibility index (Phi) is 5.48. The second-order valence-corrected chi connectivity index (χ2v) is 6.84. The number of carbonyl (C=O) groups is 1. The molecule has 0 atom stereocenters. The van der Waals surface area contributed by atoms with Gasteiger partial charge in [-0.25, -0.2) is 4.79 Å². The quantitative estimate of drug-likeness (QED) is 0.817. The Morgan fingerprint density at radius 2 is 1.68 bits per heavy atom. The smallest absolute Gasteiger partial charge is 0.417 e. The average Bonchev–Trinajstić information content (AvgIpc) is 2.95. The summed E-state index contributed by atoms with van der Waals surface area (Å²) in [4.78, 5) is 14.1. The first-order chi connectivity index (χ1) is 11.9. The lowest BCUT2D eigenvalue weighted by Gasteiger charge is -2.32. The number of carbonyl (C=O) groups excluding carboxylic acids is 1. The summed E-state index contributed by atoms with van der Waals surface area (Å²) in [7, 11) is 0. The lowest BCUT2D eigenvalue weighted by molar-refractivity contribution is -0.157. The van der Waals surface area contributed by atoms with E-state index in [1.807, 2.05) is 0 Å². The Hall–Kier alpha value is -1.80. The molecule has 2 amide bonds. The molecule has 25 heavy (non-hydrogen) atoms. The second kappa shape index (κ2) is 7.61. The molecule has 6 nitrogen and oxygen atoms in total. The Balaban J connectivity index is 1.49. The minimum absolute atomic E-state index is 0.0103. The van der Waals surface area contributed by atoms with Gasteiger partial charge < -0.3 is 14.6 Å². The third-order valence-corrected chi connectivity index (χ3v) is 5.00. The molecule has 3 rings (SSSR count). The molecule has 1 aromatic rings. The van der Waals surface area contributed by atoms with E-state index in [0.29, 0.717) is 25.9 Å². The van der Waals surface area contributed by atoms with Crippen molar-refractivity contribution in [3.63, 3.8) is 0 Å². The largest absolute Gasteiger partial charge is 0.470 e. The number of halogens is 3. The van der Waals surface area contributed by atoms with Gasteiger partial charge in [0.1, 0.15) is 0 Å². The molecule has 2 heterocycles. The van der Waals surface area contributed by atoms with E-state index < -0.39 is 12.1 Å². The van der Waals surface area contributed by atoms with Crippen LogP contribution in [0.3, 0.4) is 0 Å². The Morgan fingerprint density at radius 1 is 1.04 bits per heavy atom. The molecular weight excluding hydrogens is 337 g/mol. The third kappa shape index (κ3) is 4.64. The van der Waals surface area contributed by atoms with Gasteiger partial charge in [0.15, 0.2) is 0 Å². The van der Waals surface area contributed by atoms with Crippen molar-refractivity contribution < 1.29 is 22.4 Å². The fourth-order valence-electron chi connectivity index (χ4n) is 3.53. The van der Waals surface area contributed by atoms with Crippen molar-refractivity contribution >= 4 is 6.03 Å². The van der Waals surface area contributed by atoms with Crippen molar-refractivity contribution in [1.29, 1.82) is 0 Å². The Morgan fingerprint density at radius 3 is 2.24 bits per heavy atom. The van der Waals surface area contributed by atoms with Gasteiger partial charge in [-0.3, -0.25) is 0 Å². The molecule has 2 fully saturated rings. The average molecular weight is 360 g/mol. The molecule has 0 spiro atoms. The van der Waals surface area contributed by atoms with E-state index in [9.17, 15) is 18.0 Å². The molecular formula is C16H23F3N4O2. The number of aromatic nitrogens is 2. The molecule has 9 heteroatoms. The fraction of sp³-hybridized carbons (Fsp3) is 0.812. The molecule has 1 saturated heterocycles. The molecule has 1 N–H and O–H groups in total. The van der Waals surface area contributed by atoms with E-state index in [2.05, 4.69) is 15.5 Å². The normalized spacial score (nSPS) is 21.2. The van der Waals surface area contributed by atoms with Crippen LogP contribution in [-0.2, 0) is 6.18 Å². The van der Waals surface area contributed by atoms with Gasteiger partial charge in [-0.2, -0.15) is 13.2 Å². The van der Waals surface area contributed by atoms with Crippen LogP contribution < -0.4 is 5.32 Å². The zero-order chi connectivity index (χ0) is 17.9. The number of hydrogen-bond donors (Lipinski definition) is 1. The predicted octanol–water partition coefficient (Wildman–Crippen LogP) is 3.70. The summed E-state index contributed by atoms with van der Waals surface area (Å²) in [5.41, 5.74) is 0. The molecule has 0 bridgehead atoms. The first kappa shape index (κ1) is 18.0. The van der Waals surface area contributed by atoms with Crippen LogP contribution in [0.4, 0.5) is 18.0 Å². The molecule has 1 aliphatic heterocycles. The summed E-state index contributed by atoms with van der Waals surface area (Å²) in [5, 5.41) is 9.69. The third-order valence-electron chi connectivity index (χ3n) is 5.00. The topological polar surface area (TPSA) is 71.3 Å². The van der Waals surface area contributed by atoms with Gasteiger partial charge >= 0.3 is 18.1 Å². The standard InChI is InChI=1S/C16H23F3N4O2/c17-16(18,19)14-22-21-13(25-14)11-7-9-23(10-8-11)15(24)20-12-5-3-1-2-4-6-12/h11-12H,1-10H2,(H,20,24). The minimum atomic E-state index is -4.62. The summed E-state index contributed by atoms with van der Waals surface area (Å²) in [6.45, 7) is 0.958. The predicted molar refractivity (Wildman–Crippen MR) is 82.9 cm³/mol. The van der Waals surface area contributed by atoms with Crippen LogP contribution in [-0.4, -0.2) is 40.3 Å². The number of amides is 2. The van der Waals surface area contributed by atoms with Crippen LogP contribution in [0.1, 0.15) is 69.1 Å². The first-order valence-electron chi connectivity index (χ1n) is 8.89. The Labute approximate surface area is 144 Å². The number of rotatable bonds is 2. The van der Waals surface area contributed by atoms with Crippen LogP contribution in [0.2, 0.25) is 0 Å². The number of nitrogens with zero attached hydrogens (tertiary/aromatic N) is 3. The van der Waals surface area contributed by atoms with E-state index in [4.69, 9.17) is 4.42 Å². The highest BCUT2D eigenvalue weighted by molar-refractivity contribution is 5.74. The van der Waals surface area contributed by atoms with Crippen LogP contribution in [0.15, 0.2) is 4.42 Å². The molecule has 140 valence electrons. The van der Waals surface area contributed by atoms with Crippen LogP contribution in [0.5, 0.6) is 0 Å². The molecule has 1 saturated carbocycles. The number of alkyl halides is 3. The second-order valence-electron chi connectivity index (χ2n) is 6.84. The van der Waals surface area contributed by atoms with Crippen LogP contribution in [0, 0.1) is 0 Å². The highest BCUT2D eigenvalue weighted by Crippen LogP contribution is 2.32. The maximum Gasteiger partial charge on any atom is 0.470 e. The van der Waals surface area contributed by atoms with Gasteiger partial charge in [0.2, 0.25) is 5.89 Å². The lowest BCUT2D eigenvalue weighted by Crippen LogP contribution is -2.47. The van der Waals surface area contributed by atoms with Gasteiger partial charge in [0.25, 0.3) is 0 Å². The summed E-state index contributed by atoms with van der Waals surface area (Å²) >= 11 is 0. The first-order valence-corrected chi connectivity index (χ1v) is 8.89. The van der Waals surface area contributed by atoms with Crippen molar-refractivity contribution in [3.05, 3.63) is 11.8 Å². The van der Waals surface area contributed by atoms with E-state index in [0.717, 1.165) is 25.7 Å². The van der Waals surface area contributed by atoms with Gasteiger partial charge in [0, 0.05) is 25.0 Å². The van der Waals surface area contributed by atoms with Gasteiger partial charge in [-0.05, 0) is 25.7 Å². The number of hydrogen-bond acceptors (Lipinski definition) is 4. The summed E-state index contributed by atoms with van der Waals surface area (Å²) in [6.07, 6.45) is 3.20. The Bertz CT molecular complexity index is 574. The van der Waals surface area contributed by atoms with Gasteiger partial charge in [-0.1, -0.05) is 25.7 Å². The van der Waals surface area contributed by atoms with Crippen molar-refractivity contribution in [3.8, 4) is 0 Å².